The summed E-state index contributed by atoms with van der Waals surface area (Å²) in [5.41, 5.74) is 6.02. The smallest absolute Gasteiger partial charge is 0.234 e. The molecule has 1 rings (SSSR count). The van der Waals surface area contributed by atoms with Gasteiger partial charge in [0.2, 0.25) is 5.91 Å². The molecule has 0 aliphatic carbocycles. The second-order valence-electron chi connectivity index (χ2n) is 3.16. The Morgan fingerprint density at radius 1 is 1.50 bits per heavy atom. The summed E-state index contributed by atoms with van der Waals surface area (Å²) in [7, 11) is 0. The van der Waals surface area contributed by atoms with Gasteiger partial charge in [0, 0.05) is 10.0 Å². The van der Waals surface area contributed by atoms with Crippen molar-refractivity contribution < 1.29 is 4.79 Å². The maximum Gasteiger partial charge on any atom is 0.234 e. The summed E-state index contributed by atoms with van der Waals surface area (Å²) < 4.78 is 0. The van der Waals surface area contributed by atoms with E-state index < -0.39 is 0 Å². The van der Waals surface area contributed by atoms with E-state index in [1.54, 1.807) is 18.2 Å². The van der Waals surface area contributed by atoms with E-state index in [0.717, 1.165) is 5.56 Å². The van der Waals surface area contributed by atoms with E-state index in [0.29, 0.717) is 10.0 Å². The number of amides is 1. The van der Waals surface area contributed by atoms with Gasteiger partial charge in [0.15, 0.2) is 0 Å². The highest BCUT2D eigenvalue weighted by Crippen LogP contribution is 2.25. The standard InChI is InChI=1S/C10H12Cl2N2O.ClH/c1-6(14-10(15)5-13)8-3-2-7(11)4-9(8)12;/h2-4,6H,5,13H2,1H3,(H,14,15);1H. The van der Waals surface area contributed by atoms with Crippen LogP contribution in [-0.2, 0) is 4.79 Å². The van der Waals surface area contributed by atoms with Crippen molar-refractivity contribution in [3.05, 3.63) is 33.8 Å². The third-order valence-electron chi connectivity index (χ3n) is 1.99. The van der Waals surface area contributed by atoms with Crippen molar-refractivity contribution in [2.24, 2.45) is 5.73 Å². The van der Waals surface area contributed by atoms with Crippen LogP contribution in [0, 0.1) is 0 Å². The van der Waals surface area contributed by atoms with Crippen LogP contribution in [0.1, 0.15) is 18.5 Å². The average Bonchev–Trinajstić information content (AvgIpc) is 2.17. The number of benzene rings is 1. The number of nitrogens with two attached hydrogens (primary N) is 1. The summed E-state index contributed by atoms with van der Waals surface area (Å²) in [6.07, 6.45) is 0. The molecular weight excluding hydrogens is 270 g/mol. The minimum atomic E-state index is -0.214. The molecule has 0 radical (unpaired) electrons. The normalized spacial score (nSPS) is 11.5. The van der Waals surface area contributed by atoms with Gasteiger partial charge in [-0.25, -0.2) is 0 Å². The summed E-state index contributed by atoms with van der Waals surface area (Å²) in [4.78, 5) is 11.1. The Morgan fingerprint density at radius 2 is 2.12 bits per heavy atom. The van der Waals surface area contributed by atoms with Crippen molar-refractivity contribution in [2.75, 3.05) is 6.54 Å². The van der Waals surface area contributed by atoms with Gasteiger partial charge in [-0.2, -0.15) is 0 Å². The number of halogens is 3. The van der Waals surface area contributed by atoms with Gasteiger partial charge in [0.05, 0.1) is 12.6 Å². The van der Waals surface area contributed by atoms with E-state index in [1.165, 1.54) is 0 Å². The maximum atomic E-state index is 11.1. The predicted octanol–water partition coefficient (Wildman–Crippen LogP) is 2.55. The summed E-state index contributed by atoms with van der Waals surface area (Å²) in [6, 6.07) is 4.98. The first kappa shape index (κ1) is 15.5. The fourth-order valence-electron chi connectivity index (χ4n) is 1.23. The van der Waals surface area contributed by atoms with Crippen molar-refractivity contribution in [3.8, 4) is 0 Å². The van der Waals surface area contributed by atoms with Crippen LogP contribution in [0.5, 0.6) is 0 Å². The fourth-order valence-corrected chi connectivity index (χ4v) is 1.80. The Morgan fingerprint density at radius 3 is 2.62 bits per heavy atom. The Balaban J connectivity index is 0.00000225. The highest BCUT2D eigenvalue weighted by Gasteiger charge is 2.11. The van der Waals surface area contributed by atoms with Gasteiger partial charge < -0.3 is 11.1 Å². The Bertz CT molecular complexity index is 371. The maximum absolute atomic E-state index is 11.1. The van der Waals surface area contributed by atoms with Crippen molar-refractivity contribution in [1.82, 2.24) is 5.32 Å². The monoisotopic (exact) mass is 282 g/mol. The number of hydrogen-bond acceptors (Lipinski definition) is 2. The molecule has 16 heavy (non-hydrogen) atoms. The van der Waals surface area contributed by atoms with Gasteiger partial charge in [-0.15, -0.1) is 12.4 Å². The van der Waals surface area contributed by atoms with Crippen molar-refractivity contribution >= 4 is 41.5 Å². The van der Waals surface area contributed by atoms with Gasteiger partial charge in [0.25, 0.3) is 0 Å². The zero-order chi connectivity index (χ0) is 11.4. The number of hydrogen-bond donors (Lipinski definition) is 2. The van der Waals surface area contributed by atoms with Crippen molar-refractivity contribution in [2.45, 2.75) is 13.0 Å². The van der Waals surface area contributed by atoms with Gasteiger partial charge in [-0.1, -0.05) is 29.3 Å². The first-order valence-electron chi connectivity index (χ1n) is 4.49. The average molecular weight is 284 g/mol. The largest absolute Gasteiger partial charge is 0.348 e. The third kappa shape index (κ3) is 4.18. The molecular formula is C10H13Cl3N2O. The highest BCUT2D eigenvalue weighted by atomic mass is 35.5. The Kier molecular flexibility index (Phi) is 6.76. The number of carbonyl (C=O) groups is 1. The molecule has 0 aromatic heterocycles. The Hall–Kier alpha value is -0.480. The van der Waals surface area contributed by atoms with Crippen LogP contribution in [0.3, 0.4) is 0 Å². The molecule has 0 spiro atoms. The first-order chi connectivity index (χ1) is 7.04. The zero-order valence-electron chi connectivity index (χ0n) is 8.67. The molecule has 90 valence electrons. The molecule has 3 N–H and O–H groups in total. The molecule has 1 unspecified atom stereocenters. The van der Waals surface area contributed by atoms with E-state index in [9.17, 15) is 4.79 Å². The summed E-state index contributed by atoms with van der Waals surface area (Å²) in [5, 5.41) is 3.82. The number of rotatable bonds is 3. The van der Waals surface area contributed by atoms with Crippen LogP contribution < -0.4 is 11.1 Å². The minimum Gasteiger partial charge on any atom is -0.348 e. The molecule has 1 amide bonds. The van der Waals surface area contributed by atoms with Crippen LogP contribution in [0.25, 0.3) is 0 Å². The lowest BCUT2D eigenvalue weighted by Gasteiger charge is -2.15. The summed E-state index contributed by atoms with van der Waals surface area (Å²) >= 11 is 11.7. The molecule has 6 heteroatoms. The van der Waals surface area contributed by atoms with Crippen LogP contribution in [0.15, 0.2) is 18.2 Å². The third-order valence-corrected chi connectivity index (χ3v) is 2.55. The summed E-state index contributed by atoms with van der Waals surface area (Å²) in [5.74, 6) is -0.214. The molecule has 0 aliphatic heterocycles. The molecule has 1 atom stereocenters. The molecule has 0 aliphatic rings. The molecule has 1 aromatic carbocycles. The molecule has 0 saturated heterocycles. The second-order valence-corrected chi connectivity index (χ2v) is 4.00. The lowest BCUT2D eigenvalue weighted by molar-refractivity contribution is -0.120. The van der Waals surface area contributed by atoms with Crippen LogP contribution >= 0.6 is 35.6 Å². The first-order valence-corrected chi connectivity index (χ1v) is 5.24. The van der Waals surface area contributed by atoms with Crippen molar-refractivity contribution in [1.29, 1.82) is 0 Å². The van der Waals surface area contributed by atoms with Gasteiger partial charge in [0.1, 0.15) is 0 Å². The topological polar surface area (TPSA) is 55.1 Å². The van der Waals surface area contributed by atoms with E-state index >= 15 is 0 Å². The van der Waals surface area contributed by atoms with Crippen LogP contribution in [-0.4, -0.2) is 12.5 Å². The van der Waals surface area contributed by atoms with Gasteiger partial charge >= 0.3 is 0 Å². The molecule has 3 nitrogen and oxygen atoms in total. The minimum absolute atomic E-state index is 0. The lowest BCUT2D eigenvalue weighted by Crippen LogP contribution is -2.32. The predicted molar refractivity (Wildman–Crippen MR) is 69.3 cm³/mol. The molecule has 1 aromatic rings. The molecule has 0 saturated carbocycles. The van der Waals surface area contributed by atoms with Gasteiger partial charge in [-0.05, 0) is 24.6 Å². The molecule has 0 fully saturated rings. The van der Waals surface area contributed by atoms with E-state index in [1.807, 2.05) is 6.92 Å². The van der Waals surface area contributed by atoms with E-state index in [-0.39, 0.29) is 30.9 Å². The second kappa shape index (κ2) is 6.97. The molecule has 0 heterocycles. The Labute approximate surface area is 111 Å². The van der Waals surface area contributed by atoms with Crippen LogP contribution in [0.4, 0.5) is 0 Å². The highest BCUT2D eigenvalue weighted by molar-refractivity contribution is 6.35. The van der Waals surface area contributed by atoms with Crippen molar-refractivity contribution in [3.63, 3.8) is 0 Å². The SMILES string of the molecule is CC(NC(=O)CN)c1ccc(Cl)cc1Cl.Cl. The number of carbonyl (C=O) groups excluding carboxylic acids is 1. The zero-order valence-corrected chi connectivity index (χ0v) is 11.0. The quantitative estimate of drug-likeness (QED) is 0.896. The number of nitrogens with one attached hydrogen (secondary N) is 1. The summed E-state index contributed by atoms with van der Waals surface area (Å²) in [6.45, 7) is 1.80. The van der Waals surface area contributed by atoms with Crippen LogP contribution in [0.2, 0.25) is 10.0 Å². The van der Waals surface area contributed by atoms with Gasteiger partial charge in [-0.3, -0.25) is 4.79 Å². The molecule has 0 bridgehead atoms. The fraction of sp³-hybridized carbons (Fsp3) is 0.300. The van der Waals surface area contributed by atoms with E-state index in [4.69, 9.17) is 28.9 Å². The lowest BCUT2D eigenvalue weighted by atomic mass is 10.1. The van der Waals surface area contributed by atoms with E-state index in [2.05, 4.69) is 5.32 Å².